The third kappa shape index (κ3) is 5.10. The summed E-state index contributed by atoms with van der Waals surface area (Å²) in [5.74, 6) is 0.150. The van der Waals surface area contributed by atoms with Crippen LogP contribution in [0.25, 0.3) is 0 Å². The summed E-state index contributed by atoms with van der Waals surface area (Å²) in [5, 5.41) is 16.7. The second-order valence-corrected chi connectivity index (χ2v) is 7.59. The zero-order valence-corrected chi connectivity index (χ0v) is 16.3. The van der Waals surface area contributed by atoms with Crippen molar-refractivity contribution < 1.29 is 10.0 Å². The smallest absolute Gasteiger partial charge is 0.274 e. The van der Waals surface area contributed by atoms with Crippen molar-refractivity contribution in [3.63, 3.8) is 0 Å². The first-order chi connectivity index (χ1) is 14.2. The molecular formula is C23H26N4O2. The molecule has 1 fully saturated rings. The third-order valence-corrected chi connectivity index (χ3v) is 5.44. The van der Waals surface area contributed by atoms with E-state index < -0.39 is 5.91 Å². The number of carbonyl (C=O) groups is 1. The Morgan fingerprint density at radius 1 is 1.10 bits per heavy atom. The van der Waals surface area contributed by atoms with E-state index in [0.29, 0.717) is 17.5 Å². The van der Waals surface area contributed by atoms with Crippen molar-refractivity contribution in [3.05, 3.63) is 89.2 Å². The molecule has 1 aliphatic carbocycles. The highest BCUT2D eigenvalue weighted by molar-refractivity contribution is 5.93. The number of rotatable bonds is 9. The minimum absolute atomic E-state index is 0.450. The predicted octanol–water partition coefficient (Wildman–Crippen LogP) is 3.28. The van der Waals surface area contributed by atoms with Crippen molar-refractivity contribution in [3.8, 4) is 0 Å². The normalized spacial score (nSPS) is 17.8. The van der Waals surface area contributed by atoms with Crippen molar-refractivity contribution >= 4 is 5.91 Å². The number of amides is 1. The Kier molecular flexibility index (Phi) is 6.03. The van der Waals surface area contributed by atoms with Crippen LogP contribution >= 0.6 is 0 Å². The minimum atomic E-state index is -0.490. The van der Waals surface area contributed by atoms with Crippen LogP contribution in [-0.4, -0.2) is 26.9 Å². The van der Waals surface area contributed by atoms with Gasteiger partial charge in [0.1, 0.15) is 0 Å². The zero-order valence-electron chi connectivity index (χ0n) is 16.3. The van der Waals surface area contributed by atoms with Crippen LogP contribution in [0, 0.1) is 0 Å². The summed E-state index contributed by atoms with van der Waals surface area (Å²) in [4.78, 5) is 11.3. The molecule has 2 unspecified atom stereocenters. The van der Waals surface area contributed by atoms with Crippen LogP contribution in [0.3, 0.4) is 0 Å². The highest BCUT2D eigenvalue weighted by Gasteiger charge is 2.37. The molecule has 0 aliphatic heterocycles. The molecule has 6 nitrogen and oxygen atoms in total. The maximum absolute atomic E-state index is 11.3. The number of aromatic nitrogens is 2. The van der Waals surface area contributed by atoms with Gasteiger partial charge in [-0.25, -0.2) is 5.48 Å². The quantitative estimate of drug-likeness (QED) is 0.387. The summed E-state index contributed by atoms with van der Waals surface area (Å²) >= 11 is 0. The summed E-state index contributed by atoms with van der Waals surface area (Å²) in [6.45, 7) is 1.71. The Labute approximate surface area is 170 Å². The van der Waals surface area contributed by atoms with E-state index in [4.69, 9.17) is 5.21 Å². The van der Waals surface area contributed by atoms with Crippen molar-refractivity contribution in [2.75, 3.05) is 0 Å². The average Bonchev–Trinajstić information content (AvgIpc) is 3.42. The lowest BCUT2D eigenvalue weighted by Gasteiger charge is -2.04. The SMILES string of the molecule is O=C(NO)c1ccc(CCCn2cc(CNC3CC3c3ccccc3)cn2)cc1. The van der Waals surface area contributed by atoms with Gasteiger partial charge in [0.05, 0.1) is 6.20 Å². The Morgan fingerprint density at radius 2 is 1.90 bits per heavy atom. The van der Waals surface area contributed by atoms with E-state index in [9.17, 15) is 4.79 Å². The average molecular weight is 390 g/mol. The molecule has 2 atom stereocenters. The van der Waals surface area contributed by atoms with Gasteiger partial charge in [-0.05, 0) is 42.5 Å². The van der Waals surface area contributed by atoms with E-state index in [1.54, 1.807) is 17.6 Å². The maximum atomic E-state index is 11.3. The van der Waals surface area contributed by atoms with Gasteiger partial charge in [-0.1, -0.05) is 42.5 Å². The largest absolute Gasteiger partial charge is 0.309 e. The number of benzene rings is 2. The van der Waals surface area contributed by atoms with E-state index in [0.717, 1.165) is 31.5 Å². The maximum Gasteiger partial charge on any atom is 0.274 e. The molecule has 1 heterocycles. The molecule has 1 saturated carbocycles. The van der Waals surface area contributed by atoms with E-state index >= 15 is 0 Å². The van der Waals surface area contributed by atoms with E-state index in [1.165, 1.54) is 17.5 Å². The molecule has 3 aromatic rings. The highest BCUT2D eigenvalue weighted by atomic mass is 16.5. The van der Waals surface area contributed by atoms with Crippen molar-refractivity contribution in [1.29, 1.82) is 0 Å². The van der Waals surface area contributed by atoms with Gasteiger partial charge in [0.15, 0.2) is 0 Å². The highest BCUT2D eigenvalue weighted by Crippen LogP contribution is 2.40. The number of nitrogens with zero attached hydrogens (tertiary/aromatic N) is 2. The summed E-state index contributed by atoms with van der Waals surface area (Å²) in [6.07, 6.45) is 7.14. The van der Waals surface area contributed by atoms with Gasteiger partial charge in [0.2, 0.25) is 0 Å². The standard InChI is InChI=1S/C23H26N4O2/c28-23(26-29)20-10-8-17(9-11-20)5-4-12-27-16-18(15-25-27)14-24-22-13-21(22)19-6-2-1-3-7-19/h1-3,6-11,15-16,21-22,24,29H,4-5,12-14H2,(H,26,28). The third-order valence-electron chi connectivity index (χ3n) is 5.44. The molecule has 6 heteroatoms. The van der Waals surface area contributed by atoms with E-state index in [1.807, 2.05) is 23.0 Å². The molecule has 3 N–H and O–H groups in total. The minimum Gasteiger partial charge on any atom is -0.309 e. The first-order valence-electron chi connectivity index (χ1n) is 10.1. The number of nitrogens with one attached hydrogen (secondary N) is 2. The van der Waals surface area contributed by atoms with Crippen LogP contribution in [0.5, 0.6) is 0 Å². The fourth-order valence-electron chi connectivity index (χ4n) is 3.69. The van der Waals surface area contributed by atoms with Gasteiger partial charge in [0.25, 0.3) is 5.91 Å². The zero-order chi connectivity index (χ0) is 20.1. The molecule has 1 aliphatic rings. The Morgan fingerprint density at radius 3 is 2.66 bits per heavy atom. The van der Waals surface area contributed by atoms with Crippen molar-refractivity contribution in [1.82, 2.24) is 20.6 Å². The van der Waals surface area contributed by atoms with Gasteiger partial charge in [-0.15, -0.1) is 0 Å². The lowest BCUT2D eigenvalue weighted by Crippen LogP contribution is -2.18. The summed E-state index contributed by atoms with van der Waals surface area (Å²) in [6, 6.07) is 18.5. The number of hydrogen-bond acceptors (Lipinski definition) is 4. The van der Waals surface area contributed by atoms with Gasteiger partial charge in [-0.2, -0.15) is 5.10 Å². The topological polar surface area (TPSA) is 79.2 Å². The van der Waals surface area contributed by atoms with E-state index in [-0.39, 0.29) is 0 Å². The Bertz CT molecular complexity index is 937. The monoisotopic (exact) mass is 390 g/mol. The number of hydroxylamine groups is 1. The van der Waals surface area contributed by atoms with Crippen LogP contribution in [0.1, 0.15) is 45.8 Å². The Hall–Kier alpha value is -2.96. The molecule has 0 saturated heterocycles. The summed E-state index contributed by atoms with van der Waals surface area (Å²) < 4.78 is 1.99. The van der Waals surface area contributed by atoms with Gasteiger partial charge in [-0.3, -0.25) is 14.7 Å². The summed E-state index contributed by atoms with van der Waals surface area (Å²) in [5.41, 5.74) is 5.89. The van der Waals surface area contributed by atoms with E-state index in [2.05, 4.69) is 46.9 Å². The lowest BCUT2D eigenvalue weighted by molar-refractivity contribution is 0.0706. The van der Waals surface area contributed by atoms with Crippen molar-refractivity contribution in [2.24, 2.45) is 0 Å². The Balaban J connectivity index is 1.18. The van der Waals surface area contributed by atoms with Crippen LogP contribution in [0.2, 0.25) is 0 Å². The number of hydrogen-bond donors (Lipinski definition) is 3. The molecule has 0 spiro atoms. The molecule has 1 amide bonds. The second-order valence-electron chi connectivity index (χ2n) is 7.59. The molecule has 150 valence electrons. The molecule has 29 heavy (non-hydrogen) atoms. The van der Waals surface area contributed by atoms with Gasteiger partial charge in [0, 0.05) is 42.4 Å². The fourth-order valence-corrected chi connectivity index (χ4v) is 3.69. The molecule has 2 aromatic carbocycles. The first-order valence-corrected chi connectivity index (χ1v) is 10.1. The van der Waals surface area contributed by atoms with Crippen LogP contribution in [0.15, 0.2) is 67.0 Å². The lowest BCUT2D eigenvalue weighted by atomic mass is 10.1. The molecule has 1 aromatic heterocycles. The van der Waals surface area contributed by atoms with Crippen LogP contribution < -0.4 is 10.8 Å². The van der Waals surface area contributed by atoms with Gasteiger partial charge < -0.3 is 5.32 Å². The molecule has 0 radical (unpaired) electrons. The van der Waals surface area contributed by atoms with Crippen LogP contribution in [-0.2, 0) is 19.5 Å². The second kappa shape index (κ2) is 9.03. The predicted molar refractivity (Wildman–Crippen MR) is 111 cm³/mol. The van der Waals surface area contributed by atoms with Crippen LogP contribution in [0.4, 0.5) is 0 Å². The molecular weight excluding hydrogens is 364 g/mol. The molecule has 4 rings (SSSR count). The molecule has 0 bridgehead atoms. The van der Waals surface area contributed by atoms with Gasteiger partial charge >= 0.3 is 0 Å². The number of aryl methyl sites for hydroxylation is 2. The first kappa shape index (κ1) is 19.4. The number of carbonyl (C=O) groups excluding carboxylic acids is 1. The summed E-state index contributed by atoms with van der Waals surface area (Å²) in [7, 11) is 0. The fraction of sp³-hybridized carbons (Fsp3) is 0.304. The van der Waals surface area contributed by atoms with Crippen molar-refractivity contribution in [2.45, 2.75) is 44.3 Å².